The van der Waals surface area contributed by atoms with E-state index in [4.69, 9.17) is 21.4 Å². The summed E-state index contributed by atoms with van der Waals surface area (Å²) in [5, 5.41) is 9.72. The van der Waals surface area contributed by atoms with Crippen molar-refractivity contribution in [3.63, 3.8) is 0 Å². The Hall–Kier alpha value is -2.57. The molecule has 0 spiro atoms. The molecule has 31 heavy (non-hydrogen) atoms. The lowest BCUT2D eigenvalue weighted by atomic mass is 10.1. The average Bonchev–Trinajstić information content (AvgIpc) is 2.71. The molecule has 166 valence electrons. The standard InChI is InChI=1S/C24H29ClN2O4/c1-16-4-6-19(7-5-16)12-23(28)27-11-10-26(14-17(27)2)15-20-13-21(25)8-9-22(20)31-18(3)24(29)30/h4-9,13,17-18H,10-12,14-15H2,1-3H3,(H,29,30)/t17-,18-/m0/s1. The molecule has 0 bridgehead atoms. The molecule has 2 aromatic rings. The molecule has 0 saturated carbocycles. The van der Waals surface area contributed by atoms with Gasteiger partial charge in [0.25, 0.3) is 0 Å². The van der Waals surface area contributed by atoms with Crippen molar-refractivity contribution in [2.75, 3.05) is 19.6 Å². The lowest BCUT2D eigenvalue weighted by molar-refractivity contribution is -0.144. The quantitative estimate of drug-likeness (QED) is 0.703. The first-order valence-electron chi connectivity index (χ1n) is 10.5. The van der Waals surface area contributed by atoms with Gasteiger partial charge in [0, 0.05) is 42.8 Å². The minimum Gasteiger partial charge on any atom is -0.479 e. The van der Waals surface area contributed by atoms with E-state index in [1.807, 2.05) is 42.2 Å². The maximum Gasteiger partial charge on any atom is 0.344 e. The molecule has 1 aliphatic rings. The summed E-state index contributed by atoms with van der Waals surface area (Å²) in [5.41, 5.74) is 3.05. The number of carboxylic acids is 1. The highest BCUT2D eigenvalue weighted by atomic mass is 35.5. The molecular formula is C24H29ClN2O4. The first kappa shape index (κ1) is 23.1. The largest absolute Gasteiger partial charge is 0.479 e. The van der Waals surface area contributed by atoms with E-state index in [0.29, 0.717) is 30.3 Å². The molecule has 1 heterocycles. The van der Waals surface area contributed by atoms with E-state index in [1.165, 1.54) is 12.5 Å². The van der Waals surface area contributed by atoms with Crippen LogP contribution in [-0.4, -0.2) is 58.6 Å². The van der Waals surface area contributed by atoms with E-state index < -0.39 is 12.1 Å². The summed E-state index contributed by atoms with van der Waals surface area (Å²) in [6.07, 6.45) is -0.542. The number of benzene rings is 2. The lowest BCUT2D eigenvalue weighted by Crippen LogP contribution is -2.54. The predicted molar refractivity (Wildman–Crippen MR) is 121 cm³/mol. The van der Waals surface area contributed by atoms with E-state index >= 15 is 0 Å². The number of aryl methyl sites for hydroxylation is 1. The zero-order chi connectivity index (χ0) is 22.5. The number of piperazine rings is 1. The monoisotopic (exact) mass is 444 g/mol. The van der Waals surface area contributed by atoms with Gasteiger partial charge < -0.3 is 14.7 Å². The van der Waals surface area contributed by atoms with E-state index in [1.54, 1.807) is 12.1 Å². The summed E-state index contributed by atoms with van der Waals surface area (Å²) in [7, 11) is 0. The number of hydrogen-bond acceptors (Lipinski definition) is 4. The van der Waals surface area contributed by atoms with Crippen LogP contribution in [0.1, 0.15) is 30.5 Å². The molecule has 0 aliphatic carbocycles. The first-order valence-corrected chi connectivity index (χ1v) is 10.9. The van der Waals surface area contributed by atoms with Gasteiger partial charge in [0.05, 0.1) is 6.42 Å². The van der Waals surface area contributed by atoms with E-state index in [2.05, 4.69) is 11.8 Å². The number of amides is 1. The van der Waals surface area contributed by atoms with Crippen LogP contribution in [-0.2, 0) is 22.6 Å². The van der Waals surface area contributed by atoms with Gasteiger partial charge in [-0.3, -0.25) is 9.69 Å². The van der Waals surface area contributed by atoms with Gasteiger partial charge in [-0.05, 0) is 44.5 Å². The van der Waals surface area contributed by atoms with Crippen LogP contribution in [0.4, 0.5) is 0 Å². The van der Waals surface area contributed by atoms with Crippen molar-refractivity contribution >= 4 is 23.5 Å². The minimum atomic E-state index is -1.02. The summed E-state index contributed by atoms with van der Waals surface area (Å²) in [4.78, 5) is 28.2. The number of carbonyl (C=O) groups excluding carboxylic acids is 1. The Morgan fingerprint density at radius 1 is 1.19 bits per heavy atom. The molecule has 0 unspecified atom stereocenters. The third-order valence-electron chi connectivity index (χ3n) is 5.58. The lowest BCUT2D eigenvalue weighted by Gasteiger charge is -2.40. The van der Waals surface area contributed by atoms with Crippen molar-refractivity contribution in [1.29, 1.82) is 0 Å². The number of ether oxygens (including phenoxy) is 1. The molecule has 2 atom stereocenters. The number of halogens is 1. The van der Waals surface area contributed by atoms with Gasteiger partial charge in [0.2, 0.25) is 5.91 Å². The molecule has 7 heteroatoms. The number of carbonyl (C=O) groups is 2. The highest BCUT2D eigenvalue weighted by molar-refractivity contribution is 6.30. The Balaban J connectivity index is 1.62. The van der Waals surface area contributed by atoms with Gasteiger partial charge in [-0.2, -0.15) is 0 Å². The van der Waals surface area contributed by atoms with Crippen LogP contribution in [0, 0.1) is 6.92 Å². The first-order chi connectivity index (χ1) is 14.7. The molecule has 1 N–H and O–H groups in total. The highest BCUT2D eigenvalue weighted by Gasteiger charge is 2.28. The molecule has 0 aromatic heterocycles. The van der Waals surface area contributed by atoms with Gasteiger partial charge in [-0.15, -0.1) is 0 Å². The summed E-state index contributed by atoms with van der Waals surface area (Å²) in [5.74, 6) is -0.363. The van der Waals surface area contributed by atoms with Crippen LogP contribution in [0.15, 0.2) is 42.5 Å². The maximum atomic E-state index is 12.8. The fourth-order valence-corrected chi connectivity index (χ4v) is 3.99. The van der Waals surface area contributed by atoms with Crippen molar-refractivity contribution in [3.8, 4) is 5.75 Å². The molecule has 6 nitrogen and oxygen atoms in total. The second-order valence-corrected chi connectivity index (χ2v) is 8.62. The van der Waals surface area contributed by atoms with Crippen LogP contribution in [0.3, 0.4) is 0 Å². The maximum absolute atomic E-state index is 12.8. The fourth-order valence-electron chi connectivity index (χ4n) is 3.80. The van der Waals surface area contributed by atoms with Gasteiger partial charge in [-0.1, -0.05) is 41.4 Å². The molecular weight excluding hydrogens is 416 g/mol. The molecule has 1 fully saturated rings. The fraction of sp³-hybridized carbons (Fsp3) is 0.417. The SMILES string of the molecule is Cc1ccc(CC(=O)N2CCN(Cc3cc(Cl)ccc3O[C@@H](C)C(=O)O)C[C@@H]2C)cc1. The van der Waals surface area contributed by atoms with E-state index in [-0.39, 0.29) is 11.9 Å². The molecule has 2 aromatic carbocycles. The number of nitrogens with zero attached hydrogens (tertiary/aromatic N) is 2. The summed E-state index contributed by atoms with van der Waals surface area (Å²) >= 11 is 6.17. The minimum absolute atomic E-state index is 0.0770. The summed E-state index contributed by atoms with van der Waals surface area (Å²) < 4.78 is 5.62. The molecule has 1 saturated heterocycles. The Bertz CT molecular complexity index is 932. The van der Waals surface area contributed by atoms with Crippen LogP contribution >= 0.6 is 11.6 Å². The number of aliphatic carboxylic acids is 1. The Kier molecular flexibility index (Phi) is 7.57. The van der Waals surface area contributed by atoms with Gasteiger partial charge in [-0.25, -0.2) is 4.79 Å². The van der Waals surface area contributed by atoms with Crippen LogP contribution in [0.5, 0.6) is 5.75 Å². The van der Waals surface area contributed by atoms with Crippen LogP contribution in [0.2, 0.25) is 5.02 Å². The van der Waals surface area contributed by atoms with Crippen molar-refractivity contribution < 1.29 is 19.4 Å². The smallest absolute Gasteiger partial charge is 0.344 e. The van der Waals surface area contributed by atoms with E-state index in [0.717, 1.165) is 24.2 Å². The second-order valence-electron chi connectivity index (χ2n) is 8.18. The Morgan fingerprint density at radius 3 is 2.55 bits per heavy atom. The molecule has 1 amide bonds. The van der Waals surface area contributed by atoms with Crippen LogP contribution in [0.25, 0.3) is 0 Å². The van der Waals surface area contributed by atoms with Gasteiger partial charge in [0.1, 0.15) is 5.75 Å². The highest BCUT2D eigenvalue weighted by Crippen LogP contribution is 2.26. The summed E-state index contributed by atoms with van der Waals surface area (Å²) in [6.45, 7) is 8.26. The Labute approximate surface area is 188 Å². The number of carboxylic acid groups (broad SMARTS) is 1. The van der Waals surface area contributed by atoms with Gasteiger partial charge in [0.15, 0.2) is 6.10 Å². The Morgan fingerprint density at radius 2 is 1.90 bits per heavy atom. The topological polar surface area (TPSA) is 70.1 Å². The van der Waals surface area contributed by atoms with Crippen LogP contribution < -0.4 is 4.74 Å². The molecule has 1 aliphatic heterocycles. The molecule has 0 radical (unpaired) electrons. The zero-order valence-electron chi connectivity index (χ0n) is 18.2. The van der Waals surface area contributed by atoms with E-state index in [9.17, 15) is 9.59 Å². The van der Waals surface area contributed by atoms with Crippen molar-refractivity contribution in [2.24, 2.45) is 0 Å². The number of rotatable bonds is 7. The normalized spacial score (nSPS) is 17.9. The third kappa shape index (κ3) is 6.21. The zero-order valence-corrected chi connectivity index (χ0v) is 18.9. The third-order valence-corrected chi connectivity index (χ3v) is 5.81. The second kappa shape index (κ2) is 10.2. The number of hydrogen-bond donors (Lipinski definition) is 1. The van der Waals surface area contributed by atoms with Crippen molar-refractivity contribution in [2.45, 2.75) is 45.9 Å². The van der Waals surface area contributed by atoms with Gasteiger partial charge >= 0.3 is 5.97 Å². The average molecular weight is 445 g/mol. The van der Waals surface area contributed by atoms with Crippen molar-refractivity contribution in [3.05, 3.63) is 64.2 Å². The predicted octanol–water partition coefficient (Wildman–Crippen LogP) is 3.78. The molecule has 3 rings (SSSR count). The van der Waals surface area contributed by atoms with Crippen molar-refractivity contribution in [1.82, 2.24) is 9.80 Å². The summed E-state index contributed by atoms with van der Waals surface area (Å²) in [6, 6.07) is 13.4.